The van der Waals surface area contributed by atoms with Crippen LogP contribution < -0.4 is 0 Å². The number of nitrogens with zero attached hydrogens (tertiary/aromatic N) is 3. The highest BCUT2D eigenvalue weighted by molar-refractivity contribution is 5.96. The van der Waals surface area contributed by atoms with Gasteiger partial charge in [0.15, 0.2) is 5.78 Å². The lowest BCUT2D eigenvalue weighted by molar-refractivity contribution is 0.0937. The largest absolute Gasteiger partial charge is 0.337 e. The number of aromatic nitrogens is 2. The zero-order valence-corrected chi connectivity index (χ0v) is 12.4. The Kier molecular flexibility index (Phi) is 4.15. The van der Waals surface area contributed by atoms with Gasteiger partial charge in [-0.3, -0.25) is 9.69 Å². The second-order valence-electron chi connectivity index (χ2n) is 5.71. The van der Waals surface area contributed by atoms with Crippen molar-refractivity contribution >= 4 is 5.78 Å². The monoisotopic (exact) mass is 283 g/mol. The molecule has 1 aromatic heterocycles. The second-order valence-corrected chi connectivity index (χ2v) is 5.71. The molecule has 2 heterocycles. The first-order valence-corrected chi connectivity index (χ1v) is 7.52. The predicted octanol–water partition coefficient (Wildman–Crippen LogP) is 2.66. The van der Waals surface area contributed by atoms with Crippen LogP contribution in [0.4, 0.5) is 0 Å². The molecule has 4 nitrogen and oxygen atoms in total. The van der Waals surface area contributed by atoms with E-state index < -0.39 is 0 Å². The first-order valence-electron chi connectivity index (χ1n) is 7.52. The average Bonchev–Trinajstić information content (AvgIpc) is 3.11. The molecule has 0 bridgehead atoms. The van der Waals surface area contributed by atoms with Crippen LogP contribution in [0.3, 0.4) is 0 Å². The number of imidazole rings is 1. The van der Waals surface area contributed by atoms with Crippen LogP contribution in [0.25, 0.3) is 0 Å². The first-order chi connectivity index (χ1) is 10.2. The van der Waals surface area contributed by atoms with Gasteiger partial charge in [-0.15, -0.1) is 0 Å². The number of aryl methyl sites for hydroxylation is 1. The summed E-state index contributed by atoms with van der Waals surface area (Å²) in [7, 11) is 2.02. The van der Waals surface area contributed by atoms with Gasteiger partial charge in [-0.25, -0.2) is 4.98 Å². The normalized spacial score (nSPS) is 19.0. The summed E-state index contributed by atoms with van der Waals surface area (Å²) in [6.45, 7) is 1.88. The van der Waals surface area contributed by atoms with Crippen LogP contribution in [0.15, 0.2) is 42.7 Å². The van der Waals surface area contributed by atoms with E-state index >= 15 is 0 Å². The van der Waals surface area contributed by atoms with E-state index in [9.17, 15) is 4.79 Å². The highest BCUT2D eigenvalue weighted by Crippen LogP contribution is 2.23. The molecule has 1 saturated heterocycles. The van der Waals surface area contributed by atoms with Gasteiger partial charge in [0, 0.05) is 37.5 Å². The maximum atomic E-state index is 12.4. The van der Waals surface area contributed by atoms with Crippen LogP contribution in [-0.2, 0) is 13.6 Å². The third kappa shape index (κ3) is 3.22. The van der Waals surface area contributed by atoms with Crippen molar-refractivity contribution in [2.24, 2.45) is 7.05 Å². The maximum absolute atomic E-state index is 12.4. The molecule has 1 aromatic carbocycles. The zero-order chi connectivity index (χ0) is 14.7. The summed E-state index contributed by atoms with van der Waals surface area (Å²) in [5.74, 6) is 1.31. The highest BCUT2D eigenvalue weighted by atomic mass is 16.1. The smallest absolute Gasteiger partial charge is 0.164 e. The fraction of sp³-hybridized carbons (Fsp3) is 0.412. The number of hydrogen-bond acceptors (Lipinski definition) is 3. The van der Waals surface area contributed by atoms with Crippen LogP contribution in [0.5, 0.6) is 0 Å². The van der Waals surface area contributed by atoms with E-state index in [1.54, 1.807) is 0 Å². The summed E-state index contributed by atoms with van der Waals surface area (Å²) in [6.07, 6.45) is 6.67. The number of likely N-dealkylation sites (tertiary alicyclic amines) is 1. The third-order valence-electron chi connectivity index (χ3n) is 4.28. The van der Waals surface area contributed by atoms with Crippen LogP contribution in [0.1, 0.15) is 35.4 Å². The SMILES string of the molecule is Cn1ccnc1CN1CCCC1CC(=O)c1ccccc1. The molecule has 0 spiro atoms. The van der Waals surface area contributed by atoms with Gasteiger partial charge in [0.25, 0.3) is 0 Å². The lowest BCUT2D eigenvalue weighted by atomic mass is 10.0. The summed E-state index contributed by atoms with van der Waals surface area (Å²) in [6, 6.07) is 9.94. The number of rotatable bonds is 5. The van der Waals surface area contributed by atoms with E-state index in [-0.39, 0.29) is 5.78 Å². The van der Waals surface area contributed by atoms with Crippen molar-refractivity contribution in [3.8, 4) is 0 Å². The second kappa shape index (κ2) is 6.22. The van der Waals surface area contributed by atoms with Crippen molar-refractivity contribution in [2.45, 2.75) is 31.8 Å². The van der Waals surface area contributed by atoms with Gasteiger partial charge in [0.05, 0.1) is 6.54 Å². The van der Waals surface area contributed by atoms with Crippen LogP contribution in [0.2, 0.25) is 0 Å². The molecule has 0 saturated carbocycles. The number of carbonyl (C=O) groups is 1. The Hall–Kier alpha value is -1.94. The first kappa shape index (κ1) is 14.0. The Balaban J connectivity index is 1.64. The molecule has 4 heteroatoms. The quantitative estimate of drug-likeness (QED) is 0.792. The van der Waals surface area contributed by atoms with Gasteiger partial charge in [-0.1, -0.05) is 30.3 Å². The van der Waals surface area contributed by atoms with Crippen molar-refractivity contribution in [3.63, 3.8) is 0 Å². The molecular weight excluding hydrogens is 262 g/mol. The third-order valence-corrected chi connectivity index (χ3v) is 4.28. The molecule has 1 atom stereocenters. The molecule has 21 heavy (non-hydrogen) atoms. The van der Waals surface area contributed by atoms with Crippen molar-refractivity contribution in [3.05, 3.63) is 54.1 Å². The molecule has 0 amide bonds. The van der Waals surface area contributed by atoms with Crippen molar-refractivity contribution in [2.75, 3.05) is 6.54 Å². The van der Waals surface area contributed by atoms with E-state index in [0.717, 1.165) is 37.3 Å². The molecule has 1 fully saturated rings. The molecule has 3 rings (SSSR count). The van der Waals surface area contributed by atoms with Crippen LogP contribution in [-0.4, -0.2) is 32.8 Å². The van der Waals surface area contributed by atoms with Gasteiger partial charge < -0.3 is 4.57 Å². The van der Waals surface area contributed by atoms with E-state index in [1.165, 1.54) is 0 Å². The summed E-state index contributed by atoms with van der Waals surface area (Å²) in [5.41, 5.74) is 0.821. The van der Waals surface area contributed by atoms with Gasteiger partial charge in [0.1, 0.15) is 5.82 Å². The van der Waals surface area contributed by atoms with E-state index in [2.05, 4.69) is 9.88 Å². The molecule has 0 aliphatic carbocycles. The topological polar surface area (TPSA) is 38.1 Å². The lowest BCUT2D eigenvalue weighted by Gasteiger charge is -2.23. The maximum Gasteiger partial charge on any atom is 0.164 e. The van der Waals surface area contributed by atoms with Gasteiger partial charge >= 0.3 is 0 Å². The predicted molar refractivity (Wildman–Crippen MR) is 82.0 cm³/mol. The molecule has 0 radical (unpaired) electrons. The van der Waals surface area contributed by atoms with Crippen molar-refractivity contribution in [1.29, 1.82) is 0 Å². The van der Waals surface area contributed by atoms with Crippen molar-refractivity contribution < 1.29 is 4.79 Å². The van der Waals surface area contributed by atoms with Crippen molar-refractivity contribution in [1.82, 2.24) is 14.5 Å². The standard InChI is InChI=1S/C17H21N3O/c1-19-11-9-18-17(19)13-20-10-5-8-15(20)12-16(21)14-6-3-2-4-7-14/h2-4,6-7,9,11,15H,5,8,10,12-13H2,1H3. The van der Waals surface area contributed by atoms with Gasteiger partial charge in [-0.05, 0) is 19.4 Å². The molecule has 1 aliphatic heterocycles. The van der Waals surface area contributed by atoms with Crippen LogP contribution >= 0.6 is 0 Å². The number of benzene rings is 1. The minimum absolute atomic E-state index is 0.243. The molecule has 0 N–H and O–H groups in total. The van der Waals surface area contributed by atoms with Gasteiger partial charge in [0.2, 0.25) is 0 Å². The zero-order valence-electron chi connectivity index (χ0n) is 12.4. The summed E-state index contributed by atoms with van der Waals surface area (Å²) in [5, 5.41) is 0. The highest BCUT2D eigenvalue weighted by Gasteiger charge is 2.27. The fourth-order valence-electron chi connectivity index (χ4n) is 3.02. The Morgan fingerprint density at radius 1 is 1.33 bits per heavy atom. The molecular formula is C17H21N3O. The summed E-state index contributed by atoms with van der Waals surface area (Å²) in [4.78, 5) is 19.1. The number of carbonyl (C=O) groups excluding carboxylic acids is 1. The molecule has 2 aromatic rings. The number of Topliss-reactive ketones (excluding diaryl/α,β-unsaturated/α-hetero) is 1. The van der Waals surface area contributed by atoms with E-state index in [4.69, 9.17) is 0 Å². The fourth-order valence-corrected chi connectivity index (χ4v) is 3.02. The molecule has 1 aliphatic rings. The Bertz CT molecular complexity index is 606. The average molecular weight is 283 g/mol. The lowest BCUT2D eigenvalue weighted by Crippen LogP contribution is -2.31. The molecule has 1 unspecified atom stereocenters. The molecule has 110 valence electrons. The number of ketones is 1. The Labute approximate surface area is 125 Å². The Morgan fingerprint density at radius 2 is 2.14 bits per heavy atom. The summed E-state index contributed by atoms with van der Waals surface area (Å²) < 4.78 is 2.05. The van der Waals surface area contributed by atoms with E-state index in [0.29, 0.717) is 12.5 Å². The minimum Gasteiger partial charge on any atom is -0.337 e. The summed E-state index contributed by atoms with van der Waals surface area (Å²) >= 11 is 0. The van der Waals surface area contributed by atoms with Crippen LogP contribution in [0, 0.1) is 0 Å². The Morgan fingerprint density at radius 3 is 2.86 bits per heavy atom. The van der Waals surface area contributed by atoms with E-state index in [1.807, 2.05) is 54.3 Å². The minimum atomic E-state index is 0.243. The van der Waals surface area contributed by atoms with Gasteiger partial charge in [-0.2, -0.15) is 0 Å². The number of hydrogen-bond donors (Lipinski definition) is 0.